The molecule has 0 spiro atoms. The molecule has 2 heterocycles. The highest BCUT2D eigenvalue weighted by Gasteiger charge is 2.25. The Balaban J connectivity index is 1.95. The van der Waals surface area contributed by atoms with Crippen LogP contribution in [0.15, 0.2) is 29.0 Å². The van der Waals surface area contributed by atoms with Gasteiger partial charge in [0.1, 0.15) is 19.1 Å². The van der Waals surface area contributed by atoms with Crippen LogP contribution in [-0.2, 0) is 0 Å². The molecule has 1 unspecified atom stereocenters. The molecule has 0 amide bonds. The summed E-state index contributed by atoms with van der Waals surface area (Å²) < 4.78 is 11.0. The van der Waals surface area contributed by atoms with Gasteiger partial charge in [0.05, 0.1) is 6.07 Å². The van der Waals surface area contributed by atoms with Crippen molar-refractivity contribution in [3.63, 3.8) is 0 Å². The van der Waals surface area contributed by atoms with Gasteiger partial charge in [-0.15, -0.1) is 0 Å². The van der Waals surface area contributed by atoms with Gasteiger partial charge in [0, 0.05) is 10.9 Å². The number of aryl methyl sites for hydroxylation is 1. The van der Waals surface area contributed by atoms with Crippen LogP contribution < -0.4 is 9.47 Å². The molecule has 3 rings (SSSR count). The van der Waals surface area contributed by atoms with E-state index in [0.717, 1.165) is 5.56 Å². The molecule has 1 aromatic heterocycles. The third-order valence-corrected chi connectivity index (χ3v) is 4.27. The van der Waals surface area contributed by atoms with Gasteiger partial charge in [-0.05, 0) is 35.6 Å². The monoisotopic (exact) mass is 299 g/mol. The molecule has 0 N–H and O–H groups in total. The zero-order valence-corrected chi connectivity index (χ0v) is 12.3. The van der Waals surface area contributed by atoms with Crippen LogP contribution in [0.4, 0.5) is 0 Å². The predicted molar refractivity (Wildman–Crippen MR) is 79.2 cm³/mol. The molecule has 1 aromatic carbocycles. The molecular formula is C16H13NO3S. The SMILES string of the molecule is Cc1cscc1C(=O)C(C#N)c1ccc2c(c1)OCCO2. The average Bonchev–Trinajstić information content (AvgIpc) is 2.94. The van der Waals surface area contributed by atoms with E-state index in [4.69, 9.17) is 9.47 Å². The topological polar surface area (TPSA) is 59.3 Å². The number of ether oxygens (including phenoxy) is 2. The Kier molecular flexibility index (Phi) is 3.63. The summed E-state index contributed by atoms with van der Waals surface area (Å²) in [6.45, 7) is 2.87. The Morgan fingerprint density at radius 2 is 2.05 bits per heavy atom. The fourth-order valence-electron chi connectivity index (χ4n) is 2.29. The summed E-state index contributed by atoms with van der Waals surface area (Å²) >= 11 is 1.47. The lowest BCUT2D eigenvalue weighted by Crippen LogP contribution is -2.16. The first-order chi connectivity index (χ1) is 10.2. The first kappa shape index (κ1) is 13.7. The van der Waals surface area contributed by atoms with Crippen molar-refractivity contribution in [1.29, 1.82) is 5.26 Å². The number of rotatable bonds is 3. The number of benzene rings is 1. The van der Waals surface area contributed by atoms with Gasteiger partial charge < -0.3 is 9.47 Å². The molecule has 0 saturated carbocycles. The molecule has 5 heteroatoms. The van der Waals surface area contributed by atoms with Crippen LogP contribution >= 0.6 is 11.3 Å². The Morgan fingerprint density at radius 1 is 1.29 bits per heavy atom. The molecule has 106 valence electrons. The van der Waals surface area contributed by atoms with E-state index in [-0.39, 0.29) is 5.78 Å². The summed E-state index contributed by atoms with van der Waals surface area (Å²) in [5, 5.41) is 13.1. The van der Waals surface area contributed by atoms with Gasteiger partial charge >= 0.3 is 0 Å². The molecule has 2 aromatic rings. The van der Waals surface area contributed by atoms with Crippen LogP contribution in [0.2, 0.25) is 0 Å². The van der Waals surface area contributed by atoms with Crippen LogP contribution in [0.25, 0.3) is 0 Å². The predicted octanol–water partition coefficient (Wildman–Crippen LogP) is 3.32. The highest BCUT2D eigenvalue weighted by molar-refractivity contribution is 7.08. The summed E-state index contributed by atoms with van der Waals surface area (Å²) in [5.74, 6) is 0.247. The molecule has 21 heavy (non-hydrogen) atoms. The van der Waals surface area contributed by atoms with Crippen molar-refractivity contribution in [2.75, 3.05) is 13.2 Å². The maximum Gasteiger partial charge on any atom is 0.185 e. The van der Waals surface area contributed by atoms with Crippen molar-refractivity contribution in [2.24, 2.45) is 0 Å². The summed E-state index contributed by atoms with van der Waals surface area (Å²) in [7, 11) is 0. The second-order valence-electron chi connectivity index (χ2n) is 4.80. The molecule has 0 fully saturated rings. The second-order valence-corrected chi connectivity index (χ2v) is 5.54. The Bertz CT molecular complexity index is 729. The number of carbonyl (C=O) groups is 1. The van der Waals surface area contributed by atoms with Gasteiger partial charge in [-0.3, -0.25) is 4.79 Å². The summed E-state index contributed by atoms with van der Waals surface area (Å²) in [4.78, 5) is 12.5. The van der Waals surface area contributed by atoms with Crippen molar-refractivity contribution >= 4 is 17.1 Å². The van der Waals surface area contributed by atoms with Gasteiger partial charge in [0.15, 0.2) is 17.3 Å². The number of Topliss-reactive ketones (excluding diaryl/α,β-unsaturated/α-hetero) is 1. The minimum atomic E-state index is -0.825. The lowest BCUT2D eigenvalue weighted by Gasteiger charge is -2.19. The second kappa shape index (κ2) is 5.58. The zero-order chi connectivity index (χ0) is 14.8. The number of nitrogens with zero attached hydrogens (tertiary/aromatic N) is 1. The summed E-state index contributed by atoms with van der Waals surface area (Å²) in [6, 6.07) is 7.33. The van der Waals surface area contributed by atoms with Gasteiger partial charge in [-0.2, -0.15) is 16.6 Å². The fourth-order valence-corrected chi connectivity index (χ4v) is 3.13. The van der Waals surface area contributed by atoms with Crippen molar-refractivity contribution < 1.29 is 14.3 Å². The number of fused-ring (bicyclic) bond motifs is 1. The van der Waals surface area contributed by atoms with E-state index in [1.165, 1.54) is 11.3 Å². The maximum atomic E-state index is 12.5. The van der Waals surface area contributed by atoms with Gasteiger partial charge in [-0.25, -0.2) is 0 Å². The molecule has 0 radical (unpaired) electrons. The lowest BCUT2D eigenvalue weighted by molar-refractivity contribution is 0.0978. The van der Waals surface area contributed by atoms with Crippen molar-refractivity contribution in [2.45, 2.75) is 12.8 Å². The van der Waals surface area contributed by atoms with Crippen LogP contribution in [0.3, 0.4) is 0 Å². The largest absolute Gasteiger partial charge is 0.486 e. The molecule has 1 atom stereocenters. The Morgan fingerprint density at radius 3 is 2.71 bits per heavy atom. The van der Waals surface area contributed by atoms with E-state index >= 15 is 0 Å². The van der Waals surface area contributed by atoms with Gasteiger partial charge in [0.2, 0.25) is 0 Å². The van der Waals surface area contributed by atoms with E-state index in [1.54, 1.807) is 23.6 Å². The molecule has 1 aliphatic heterocycles. The van der Waals surface area contributed by atoms with Crippen LogP contribution in [0.1, 0.15) is 27.4 Å². The van der Waals surface area contributed by atoms with Gasteiger partial charge in [-0.1, -0.05) is 6.07 Å². The number of thiophene rings is 1. The van der Waals surface area contributed by atoms with Crippen LogP contribution in [0, 0.1) is 18.3 Å². The molecule has 4 nitrogen and oxygen atoms in total. The third kappa shape index (κ3) is 2.50. The highest BCUT2D eigenvalue weighted by atomic mass is 32.1. The number of carbonyl (C=O) groups excluding carboxylic acids is 1. The quantitative estimate of drug-likeness (QED) is 0.816. The van der Waals surface area contributed by atoms with Gasteiger partial charge in [0.25, 0.3) is 0 Å². The van der Waals surface area contributed by atoms with Crippen molar-refractivity contribution in [1.82, 2.24) is 0 Å². The molecule has 0 bridgehead atoms. The normalized spacial score (nSPS) is 14.3. The first-order valence-electron chi connectivity index (χ1n) is 6.57. The molecule has 0 saturated heterocycles. The maximum absolute atomic E-state index is 12.5. The van der Waals surface area contributed by atoms with E-state index in [0.29, 0.717) is 35.8 Å². The molecule has 1 aliphatic rings. The summed E-state index contributed by atoms with van der Waals surface area (Å²) in [6.07, 6.45) is 0. The third-order valence-electron chi connectivity index (χ3n) is 3.41. The van der Waals surface area contributed by atoms with E-state index in [9.17, 15) is 10.1 Å². The highest BCUT2D eigenvalue weighted by Crippen LogP contribution is 2.34. The molecular weight excluding hydrogens is 286 g/mol. The van der Waals surface area contributed by atoms with E-state index in [2.05, 4.69) is 6.07 Å². The number of nitriles is 1. The summed E-state index contributed by atoms with van der Waals surface area (Å²) in [5.41, 5.74) is 2.15. The van der Waals surface area contributed by atoms with E-state index in [1.807, 2.05) is 12.3 Å². The number of hydrogen-bond donors (Lipinski definition) is 0. The van der Waals surface area contributed by atoms with Crippen molar-refractivity contribution in [3.05, 3.63) is 45.6 Å². The smallest absolute Gasteiger partial charge is 0.185 e. The lowest BCUT2D eigenvalue weighted by atomic mass is 9.91. The van der Waals surface area contributed by atoms with Crippen LogP contribution in [0.5, 0.6) is 11.5 Å². The number of hydrogen-bond acceptors (Lipinski definition) is 5. The first-order valence-corrected chi connectivity index (χ1v) is 7.51. The molecule has 0 aliphatic carbocycles. The average molecular weight is 299 g/mol. The standard InChI is InChI=1S/C16H13NO3S/c1-10-8-21-9-13(10)16(18)12(7-17)11-2-3-14-15(6-11)20-5-4-19-14/h2-3,6,8-9,12H,4-5H2,1H3. The zero-order valence-electron chi connectivity index (χ0n) is 11.5. The Labute approximate surface area is 126 Å². The Hall–Kier alpha value is -2.32. The van der Waals surface area contributed by atoms with Crippen LogP contribution in [-0.4, -0.2) is 19.0 Å². The minimum absolute atomic E-state index is 0.173. The fraction of sp³-hybridized carbons (Fsp3) is 0.250. The minimum Gasteiger partial charge on any atom is -0.486 e. The van der Waals surface area contributed by atoms with E-state index < -0.39 is 5.92 Å². The van der Waals surface area contributed by atoms with Crippen molar-refractivity contribution in [3.8, 4) is 17.6 Å². The number of ketones is 1.